The summed E-state index contributed by atoms with van der Waals surface area (Å²) in [7, 11) is 0. The molecule has 5 heteroatoms. The number of hydrogen-bond acceptors (Lipinski definition) is 5. The molecule has 5 nitrogen and oxygen atoms in total. The van der Waals surface area contributed by atoms with Crippen LogP contribution in [0.1, 0.15) is 86.4 Å². The van der Waals surface area contributed by atoms with Crippen LogP contribution in [-0.4, -0.2) is 6.10 Å². The average Bonchev–Trinajstić information content (AvgIpc) is 1.51. The molecule has 16 rings (SSSR count). The molecular weight excluding hydrogens is 1020 g/mol. The zero-order chi connectivity index (χ0) is 56.6. The van der Waals surface area contributed by atoms with Gasteiger partial charge in [0.2, 0.25) is 0 Å². The van der Waals surface area contributed by atoms with Crippen LogP contribution in [0.4, 0.5) is 34.1 Å². The largest absolute Gasteiger partial charge is 0.485 e. The maximum Gasteiger partial charge on any atom is 0.145 e. The van der Waals surface area contributed by atoms with E-state index in [9.17, 15) is 0 Å². The Morgan fingerprint density at radius 2 is 0.893 bits per heavy atom. The third-order valence-corrected chi connectivity index (χ3v) is 18.2. The molecule has 0 fully saturated rings. The van der Waals surface area contributed by atoms with Gasteiger partial charge in [-0.05, 0) is 128 Å². The van der Waals surface area contributed by atoms with Crippen molar-refractivity contribution in [3.8, 4) is 16.9 Å². The Hall–Kier alpha value is -9.84. The number of fused-ring (bicyclic) bond motifs is 15. The molecule has 2 unspecified atom stereocenters. The molecule has 3 heterocycles. The van der Waals surface area contributed by atoms with Crippen LogP contribution in [0.3, 0.4) is 0 Å². The zero-order valence-electron chi connectivity index (χ0n) is 48.0. The molecule has 0 N–H and O–H groups in total. The van der Waals surface area contributed by atoms with E-state index in [1.54, 1.807) is 0 Å². The van der Waals surface area contributed by atoms with Crippen LogP contribution >= 0.6 is 0 Å². The highest BCUT2D eigenvalue weighted by atomic mass is 16.5. The Morgan fingerprint density at radius 3 is 1.55 bits per heavy atom. The number of rotatable bonds is 8. The van der Waals surface area contributed by atoms with Crippen LogP contribution in [0.2, 0.25) is 0 Å². The highest BCUT2D eigenvalue weighted by Crippen LogP contribution is 2.64. The van der Waals surface area contributed by atoms with Crippen molar-refractivity contribution in [1.29, 1.82) is 0 Å². The molecule has 2 aliphatic carbocycles. The van der Waals surface area contributed by atoms with E-state index in [0.29, 0.717) is 0 Å². The lowest BCUT2D eigenvalue weighted by Gasteiger charge is -2.36. The van der Waals surface area contributed by atoms with Crippen LogP contribution in [-0.2, 0) is 16.2 Å². The first-order valence-corrected chi connectivity index (χ1v) is 29.5. The van der Waals surface area contributed by atoms with Gasteiger partial charge < -0.3 is 23.4 Å². The molecule has 0 amide bonds. The van der Waals surface area contributed by atoms with E-state index in [0.717, 1.165) is 122 Å². The van der Waals surface area contributed by atoms with Gasteiger partial charge in [-0.25, -0.2) is 0 Å². The van der Waals surface area contributed by atoms with Gasteiger partial charge in [0.25, 0.3) is 0 Å². The average molecular weight is 1090 g/mol. The molecule has 0 saturated heterocycles. The van der Waals surface area contributed by atoms with Crippen LogP contribution in [0.15, 0.2) is 264 Å². The minimum absolute atomic E-state index is 0.0398. The fourth-order valence-corrected chi connectivity index (χ4v) is 14.1. The SMILES string of the molecule is CC(C)(C)c1ccc(N(c2ccc3c(c2)oc2ccccc23)c2cc3c(c4ccccc24)-c2c(cc(N(c4ccc(C(C)(C)C)cc4)c4ccc5c(c4)OC4C=CC=CC54)c4c2oc2ccccc24)C3(c2ccccc2)c2ccccc2)cc1. The topological polar surface area (TPSA) is 42.0 Å². The summed E-state index contributed by atoms with van der Waals surface area (Å²) in [5, 5.41) is 6.52. The quantitative estimate of drug-likeness (QED) is 0.152. The summed E-state index contributed by atoms with van der Waals surface area (Å²) in [6.45, 7) is 13.7. The fraction of sp³-hybridized carbons (Fsp3) is 0.139. The second kappa shape index (κ2) is 18.6. The van der Waals surface area contributed by atoms with Gasteiger partial charge in [-0.15, -0.1) is 0 Å². The van der Waals surface area contributed by atoms with Gasteiger partial charge >= 0.3 is 0 Å². The number of benzene rings is 11. The lowest BCUT2D eigenvalue weighted by molar-refractivity contribution is 0.269. The lowest BCUT2D eigenvalue weighted by Crippen LogP contribution is -2.29. The third-order valence-electron chi connectivity index (χ3n) is 18.2. The maximum absolute atomic E-state index is 7.56. The van der Waals surface area contributed by atoms with Crippen LogP contribution < -0.4 is 14.5 Å². The molecule has 406 valence electrons. The standard InChI is InChI=1S/C79H62N2O3/c1-77(2,3)49-33-37-53(38-34-49)80(55-41-43-60-58-26-15-18-30-68(58)82-71(60)45-55)66-47-64-73(62-28-14-13-25-57(62)66)75-65(79(64,51-21-9-7-10-22-51)52-23-11-8-12-24-52)48-67(74-63-29-17-20-32-70(63)84-76(74)75)81(54-39-35-50(36-40-54)78(4,5)6)56-42-44-61-59-27-16-19-31-69(59)83-72(61)46-56/h7-48,59,69H,1-6H3. The van der Waals surface area contributed by atoms with Gasteiger partial charge in [-0.1, -0.05) is 211 Å². The number of allylic oxidation sites excluding steroid dienone is 2. The molecular formula is C79H62N2O3. The van der Waals surface area contributed by atoms with Gasteiger partial charge in [-0.3, -0.25) is 0 Å². The Labute approximate surface area is 490 Å². The van der Waals surface area contributed by atoms with Gasteiger partial charge in [-0.2, -0.15) is 0 Å². The second-order valence-corrected chi connectivity index (χ2v) is 25.1. The number of para-hydroxylation sites is 2. The van der Waals surface area contributed by atoms with Gasteiger partial charge in [0.05, 0.1) is 22.2 Å². The maximum atomic E-state index is 7.56. The van der Waals surface area contributed by atoms with Crippen molar-refractivity contribution < 1.29 is 13.6 Å². The van der Waals surface area contributed by atoms with Crippen molar-refractivity contribution in [2.75, 3.05) is 9.80 Å². The van der Waals surface area contributed by atoms with Gasteiger partial charge in [0.15, 0.2) is 0 Å². The summed E-state index contributed by atoms with van der Waals surface area (Å²) in [5.74, 6) is 1.06. The number of furan rings is 2. The molecule has 2 aromatic heterocycles. The smallest absolute Gasteiger partial charge is 0.145 e. The number of nitrogens with zero attached hydrogens (tertiary/aromatic N) is 2. The fourth-order valence-electron chi connectivity index (χ4n) is 14.1. The summed E-state index contributed by atoms with van der Waals surface area (Å²) in [5.41, 5.74) is 19.1. The second-order valence-electron chi connectivity index (χ2n) is 25.1. The first-order valence-electron chi connectivity index (χ1n) is 29.5. The van der Waals surface area contributed by atoms with Gasteiger partial charge in [0.1, 0.15) is 34.2 Å². The van der Waals surface area contributed by atoms with E-state index in [-0.39, 0.29) is 22.9 Å². The lowest BCUT2D eigenvalue weighted by atomic mass is 9.67. The minimum atomic E-state index is -0.879. The molecule has 13 aromatic rings. The Balaban J connectivity index is 1.03. The molecule has 0 saturated carbocycles. The highest BCUT2D eigenvalue weighted by molar-refractivity contribution is 6.23. The van der Waals surface area contributed by atoms with E-state index in [1.165, 1.54) is 22.3 Å². The van der Waals surface area contributed by atoms with Gasteiger partial charge in [0, 0.05) is 73.5 Å². The van der Waals surface area contributed by atoms with E-state index in [4.69, 9.17) is 13.6 Å². The first-order chi connectivity index (χ1) is 40.9. The van der Waals surface area contributed by atoms with Crippen LogP contribution in [0.5, 0.6) is 5.75 Å². The van der Waals surface area contributed by atoms with Crippen molar-refractivity contribution in [2.24, 2.45) is 0 Å². The number of hydrogen-bond donors (Lipinski definition) is 0. The van der Waals surface area contributed by atoms with Crippen molar-refractivity contribution >= 4 is 88.8 Å². The van der Waals surface area contributed by atoms with E-state index in [2.05, 4.69) is 300 Å². The summed E-state index contributed by atoms with van der Waals surface area (Å²) < 4.78 is 21.1. The predicted octanol–water partition coefficient (Wildman–Crippen LogP) is 21.5. The zero-order valence-corrected chi connectivity index (χ0v) is 48.0. The van der Waals surface area contributed by atoms with E-state index in [1.807, 2.05) is 6.07 Å². The number of anilines is 6. The normalized spacial score (nSPS) is 15.8. The molecule has 0 spiro atoms. The predicted molar refractivity (Wildman–Crippen MR) is 348 cm³/mol. The van der Waals surface area contributed by atoms with Crippen LogP contribution in [0.25, 0.3) is 65.8 Å². The Morgan fingerprint density at radius 1 is 0.393 bits per heavy atom. The minimum Gasteiger partial charge on any atom is -0.485 e. The first kappa shape index (κ1) is 49.9. The summed E-state index contributed by atoms with van der Waals surface area (Å²) in [6, 6.07) is 85.2. The summed E-state index contributed by atoms with van der Waals surface area (Å²) in [4.78, 5) is 4.91. The Bertz CT molecular complexity index is 4800. The third kappa shape index (κ3) is 7.54. The molecule has 0 radical (unpaired) electrons. The molecule has 0 bridgehead atoms. The van der Waals surface area contributed by atoms with Crippen molar-refractivity contribution in [3.63, 3.8) is 0 Å². The Kier molecular flexibility index (Phi) is 11.0. The number of ether oxygens (including phenoxy) is 1. The molecule has 11 aromatic carbocycles. The highest BCUT2D eigenvalue weighted by Gasteiger charge is 2.50. The molecule has 1 aliphatic heterocycles. The van der Waals surface area contributed by atoms with Crippen molar-refractivity contribution in [2.45, 2.75) is 69.8 Å². The van der Waals surface area contributed by atoms with Crippen molar-refractivity contribution in [3.05, 3.63) is 294 Å². The van der Waals surface area contributed by atoms with Crippen molar-refractivity contribution in [1.82, 2.24) is 0 Å². The van der Waals surface area contributed by atoms with E-state index < -0.39 is 5.41 Å². The monoisotopic (exact) mass is 1090 g/mol. The summed E-state index contributed by atoms with van der Waals surface area (Å²) in [6.07, 6.45) is 8.63. The molecule has 84 heavy (non-hydrogen) atoms. The summed E-state index contributed by atoms with van der Waals surface area (Å²) >= 11 is 0. The van der Waals surface area contributed by atoms with E-state index >= 15 is 0 Å². The molecule has 2 atom stereocenters. The molecule has 3 aliphatic rings. The van der Waals surface area contributed by atoms with Crippen LogP contribution in [0, 0.1) is 0 Å².